The highest BCUT2D eigenvalue weighted by Gasteiger charge is 2.16. The van der Waals surface area contributed by atoms with Crippen LogP contribution in [0.5, 0.6) is 0 Å². The monoisotopic (exact) mass is 182 g/mol. The average molecular weight is 182 g/mol. The van der Waals surface area contributed by atoms with Gasteiger partial charge >= 0.3 is 5.97 Å². The number of aromatic nitrogens is 2. The van der Waals surface area contributed by atoms with Crippen molar-refractivity contribution < 1.29 is 9.90 Å². The Morgan fingerprint density at radius 1 is 1.69 bits per heavy atom. The molecule has 0 atom stereocenters. The van der Waals surface area contributed by atoms with E-state index in [1.807, 2.05) is 20.8 Å². The molecular formula is C9H14N2O2. The zero-order chi connectivity index (χ0) is 10.0. The van der Waals surface area contributed by atoms with Crippen molar-refractivity contribution >= 4 is 5.97 Å². The number of hydrogen-bond acceptors (Lipinski definition) is 2. The van der Waals surface area contributed by atoms with Gasteiger partial charge in [-0.15, -0.1) is 0 Å². The normalized spacial score (nSPS) is 10.8. The molecule has 1 aromatic rings. The Bertz CT molecular complexity index is 315. The summed E-state index contributed by atoms with van der Waals surface area (Å²) in [6, 6.07) is 0.142. The lowest BCUT2D eigenvalue weighted by molar-refractivity contribution is 0.0676. The van der Waals surface area contributed by atoms with Gasteiger partial charge in [0.1, 0.15) is 0 Å². The second kappa shape index (κ2) is 3.60. The molecule has 4 heteroatoms. The van der Waals surface area contributed by atoms with Gasteiger partial charge in [0.25, 0.3) is 0 Å². The first-order valence-electron chi connectivity index (χ1n) is 4.37. The summed E-state index contributed by atoms with van der Waals surface area (Å²) >= 11 is 0. The SMILES string of the molecule is CCc1cnc(C(=O)O)n1C(C)C. The van der Waals surface area contributed by atoms with Gasteiger partial charge in [0, 0.05) is 17.9 Å². The van der Waals surface area contributed by atoms with Crippen LogP contribution in [0.2, 0.25) is 0 Å². The first-order chi connectivity index (χ1) is 6.07. The summed E-state index contributed by atoms with van der Waals surface area (Å²) in [5, 5.41) is 8.84. The van der Waals surface area contributed by atoms with Crippen molar-refractivity contribution in [3.63, 3.8) is 0 Å². The molecule has 0 spiro atoms. The molecule has 1 N–H and O–H groups in total. The van der Waals surface area contributed by atoms with Gasteiger partial charge in [-0.3, -0.25) is 0 Å². The fraction of sp³-hybridized carbons (Fsp3) is 0.556. The highest BCUT2D eigenvalue weighted by atomic mass is 16.4. The van der Waals surface area contributed by atoms with E-state index in [2.05, 4.69) is 4.98 Å². The van der Waals surface area contributed by atoms with Crippen LogP contribution in [0.4, 0.5) is 0 Å². The summed E-state index contributed by atoms with van der Waals surface area (Å²) in [6.07, 6.45) is 2.43. The standard InChI is InChI=1S/C9H14N2O2/c1-4-7-5-10-8(9(12)13)11(7)6(2)3/h5-6H,4H2,1-3H3,(H,12,13). The molecular weight excluding hydrogens is 168 g/mol. The van der Waals surface area contributed by atoms with Gasteiger partial charge in [-0.25, -0.2) is 9.78 Å². The van der Waals surface area contributed by atoms with E-state index in [0.717, 1.165) is 12.1 Å². The number of carboxylic acid groups (broad SMARTS) is 1. The molecule has 0 aliphatic rings. The summed E-state index contributed by atoms with van der Waals surface area (Å²) in [6.45, 7) is 5.89. The number of imidazole rings is 1. The quantitative estimate of drug-likeness (QED) is 0.774. The van der Waals surface area contributed by atoms with E-state index in [0.29, 0.717) is 0 Å². The molecule has 0 unspecified atom stereocenters. The minimum absolute atomic E-state index is 0.131. The van der Waals surface area contributed by atoms with Crippen molar-refractivity contribution in [2.24, 2.45) is 0 Å². The lowest BCUT2D eigenvalue weighted by Crippen LogP contribution is -2.13. The smallest absolute Gasteiger partial charge is 0.372 e. The second-order valence-electron chi connectivity index (χ2n) is 3.20. The summed E-state index contributed by atoms with van der Waals surface area (Å²) in [4.78, 5) is 14.6. The van der Waals surface area contributed by atoms with Crippen LogP contribution in [0, 0.1) is 0 Å². The van der Waals surface area contributed by atoms with E-state index >= 15 is 0 Å². The summed E-state index contributed by atoms with van der Waals surface area (Å²) in [5.74, 6) is -0.833. The predicted molar refractivity (Wildman–Crippen MR) is 48.9 cm³/mol. The van der Waals surface area contributed by atoms with Crippen molar-refractivity contribution in [2.45, 2.75) is 33.2 Å². The molecule has 0 saturated heterocycles. The highest BCUT2D eigenvalue weighted by Crippen LogP contribution is 2.13. The van der Waals surface area contributed by atoms with Crippen molar-refractivity contribution in [3.8, 4) is 0 Å². The number of carboxylic acids is 1. The van der Waals surface area contributed by atoms with Gasteiger partial charge < -0.3 is 9.67 Å². The number of aryl methyl sites for hydroxylation is 1. The zero-order valence-corrected chi connectivity index (χ0v) is 8.11. The molecule has 0 fully saturated rings. The maximum atomic E-state index is 10.8. The van der Waals surface area contributed by atoms with Crippen LogP contribution in [-0.2, 0) is 6.42 Å². The fourth-order valence-corrected chi connectivity index (χ4v) is 1.39. The average Bonchev–Trinajstić information content (AvgIpc) is 2.46. The maximum Gasteiger partial charge on any atom is 0.372 e. The molecule has 72 valence electrons. The van der Waals surface area contributed by atoms with Gasteiger partial charge in [0.15, 0.2) is 0 Å². The molecule has 0 bridgehead atoms. The summed E-state index contributed by atoms with van der Waals surface area (Å²) < 4.78 is 1.75. The van der Waals surface area contributed by atoms with E-state index in [4.69, 9.17) is 5.11 Å². The Balaban J connectivity index is 3.22. The Kier molecular flexibility index (Phi) is 2.70. The maximum absolute atomic E-state index is 10.8. The van der Waals surface area contributed by atoms with Crippen LogP contribution in [0.3, 0.4) is 0 Å². The minimum Gasteiger partial charge on any atom is -0.475 e. The number of aromatic carboxylic acids is 1. The van der Waals surface area contributed by atoms with Crippen LogP contribution < -0.4 is 0 Å². The zero-order valence-electron chi connectivity index (χ0n) is 8.11. The molecule has 4 nitrogen and oxygen atoms in total. The van der Waals surface area contributed by atoms with E-state index in [-0.39, 0.29) is 11.9 Å². The lowest BCUT2D eigenvalue weighted by atomic mass is 10.3. The Labute approximate surface area is 77.2 Å². The third-order valence-electron chi connectivity index (χ3n) is 1.94. The van der Waals surface area contributed by atoms with Crippen molar-refractivity contribution in [3.05, 3.63) is 17.7 Å². The van der Waals surface area contributed by atoms with E-state index in [9.17, 15) is 4.79 Å². The lowest BCUT2D eigenvalue weighted by Gasteiger charge is -2.12. The van der Waals surface area contributed by atoms with Crippen molar-refractivity contribution in [2.75, 3.05) is 0 Å². The Morgan fingerprint density at radius 2 is 2.31 bits per heavy atom. The number of hydrogen-bond donors (Lipinski definition) is 1. The highest BCUT2D eigenvalue weighted by molar-refractivity contribution is 5.83. The van der Waals surface area contributed by atoms with Gasteiger partial charge in [0.05, 0.1) is 0 Å². The molecule has 1 aromatic heterocycles. The van der Waals surface area contributed by atoms with Crippen LogP contribution >= 0.6 is 0 Å². The molecule has 0 radical (unpaired) electrons. The number of carbonyl (C=O) groups is 1. The first-order valence-corrected chi connectivity index (χ1v) is 4.37. The van der Waals surface area contributed by atoms with Gasteiger partial charge in [0.2, 0.25) is 5.82 Å². The molecule has 1 rings (SSSR count). The predicted octanol–water partition coefficient (Wildman–Crippen LogP) is 1.72. The van der Waals surface area contributed by atoms with Crippen molar-refractivity contribution in [1.82, 2.24) is 9.55 Å². The third kappa shape index (κ3) is 1.71. The van der Waals surface area contributed by atoms with Gasteiger partial charge in [-0.2, -0.15) is 0 Å². The first kappa shape index (κ1) is 9.77. The number of rotatable bonds is 3. The largest absolute Gasteiger partial charge is 0.475 e. The van der Waals surface area contributed by atoms with Gasteiger partial charge in [-0.05, 0) is 20.3 Å². The molecule has 13 heavy (non-hydrogen) atoms. The summed E-state index contributed by atoms with van der Waals surface area (Å²) in [5.41, 5.74) is 0.965. The van der Waals surface area contributed by atoms with Crippen LogP contribution in [0.1, 0.15) is 43.1 Å². The second-order valence-corrected chi connectivity index (χ2v) is 3.20. The molecule has 0 aliphatic carbocycles. The van der Waals surface area contributed by atoms with Crippen LogP contribution in [0.15, 0.2) is 6.20 Å². The summed E-state index contributed by atoms with van der Waals surface area (Å²) in [7, 11) is 0. The van der Waals surface area contributed by atoms with Crippen molar-refractivity contribution in [1.29, 1.82) is 0 Å². The minimum atomic E-state index is -0.964. The van der Waals surface area contributed by atoms with E-state index < -0.39 is 5.97 Å². The Morgan fingerprint density at radius 3 is 2.69 bits per heavy atom. The van der Waals surface area contributed by atoms with Crippen LogP contribution in [-0.4, -0.2) is 20.6 Å². The molecule has 0 amide bonds. The van der Waals surface area contributed by atoms with Gasteiger partial charge in [-0.1, -0.05) is 6.92 Å². The number of nitrogens with zero attached hydrogens (tertiary/aromatic N) is 2. The molecule has 0 aromatic carbocycles. The van der Waals surface area contributed by atoms with E-state index in [1.54, 1.807) is 10.8 Å². The topological polar surface area (TPSA) is 55.1 Å². The molecule has 1 heterocycles. The van der Waals surface area contributed by atoms with Crippen LogP contribution in [0.25, 0.3) is 0 Å². The molecule has 0 aliphatic heterocycles. The molecule has 0 saturated carbocycles. The Hall–Kier alpha value is -1.32. The fourth-order valence-electron chi connectivity index (χ4n) is 1.39. The third-order valence-corrected chi connectivity index (χ3v) is 1.94. The van der Waals surface area contributed by atoms with E-state index in [1.165, 1.54) is 0 Å².